The summed E-state index contributed by atoms with van der Waals surface area (Å²) in [6, 6.07) is 2.35. The van der Waals surface area contributed by atoms with Crippen LogP contribution in [0.1, 0.15) is 10.4 Å². The largest absolute Gasteiger partial charge is 0.465 e. The van der Waals surface area contributed by atoms with Crippen LogP contribution in [0.4, 0.5) is 10.1 Å². The fourth-order valence-corrected chi connectivity index (χ4v) is 1.43. The molecule has 4 nitrogen and oxygen atoms in total. The summed E-state index contributed by atoms with van der Waals surface area (Å²) < 4.78 is 17.8. The van der Waals surface area contributed by atoms with E-state index in [2.05, 4.69) is 9.73 Å². The third-order valence-corrected chi connectivity index (χ3v) is 2.52. The van der Waals surface area contributed by atoms with Crippen molar-refractivity contribution >= 4 is 40.7 Å². The van der Waals surface area contributed by atoms with Gasteiger partial charge in [-0.25, -0.2) is 14.2 Å². The molecule has 92 valence electrons. The Morgan fingerprint density at radius 3 is 2.76 bits per heavy atom. The normalized spacial score (nSPS) is 11.4. The van der Waals surface area contributed by atoms with Crippen molar-refractivity contribution in [1.29, 1.82) is 0 Å². The molecule has 1 aromatic rings. The molecule has 0 fully saturated rings. The molecule has 0 radical (unpaired) electrons. The lowest BCUT2D eigenvalue weighted by molar-refractivity contribution is 0.0596. The molecule has 0 aliphatic rings. The van der Waals surface area contributed by atoms with Crippen LogP contribution in [0.2, 0.25) is 5.02 Å². The molecule has 1 aromatic carbocycles. The third-order valence-electron chi connectivity index (χ3n) is 1.86. The number of hydrogen-bond acceptors (Lipinski definition) is 3. The van der Waals surface area contributed by atoms with Crippen molar-refractivity contribution in [3.8, 4) is 0 Å². The Balaban J connectivity index is 3.33. The highest BCUT2D eigenvalue weighted by atomic mass is 35.5. The molecule has 0 bridgehead atoms. The van der Waals surface area contributed by atoms with Gasteiger partial charge >= 0.3 is 5.97 Å². The second-order valence-corrected chi connectivity index (χ2v) is 3.63. The van der Waals surface area contributed by atoms with E-state index >= 15 is 0 Å². The summed E-state index contributed by atoms with van der Waals surface area (Å²) in [7, 11) is 1.13. The maximum absolute atomic E-state index is 13.4. The monoisotopic (exact) mass is 278 g/mol. The van der Waals surface area contributed by atoms with Crippen LogP contribution >= 0.6 is 23.2 Å². The molecule has 0 saturated heterocycles. The van der Waals surface area contributed by atoms with Gasteiger partial charge in [-0.1, -0.05) is 11.6 Å². The van der Waals surface area contributed by atoms with Crippen LogP contribution in [0.5, 0.6) is 0 Å². The van der Waals surface area contributed by atoms with Crippen LogP contribution in [0, 0.1) is 5.82 Å². The highest BCUT2D eigenvalue weighted by Crippen LogP contribution is 2.31. The topological polar surface area (TPSA) is 64.7 Å². The van der Waals surface area contributed by atoms with E-state index in [4.69, 9.17) is 28.9 Å². The molecule has 0 spiro atoms. The second-order valence-electron chi connectivity index (χ2n) is 2.98. The maximum atomic E-state index is 13.4. The quantitative estimate of drug-likeness (QED) is 0.400. The van der Waals surface area contributed by atoms with E-state index in [-0.39, 0.29) is 28.0 Å². The van der Waals surface area contributed by atoms with E-state index in [1.54, 1.807) is 0 Å². The van der Waals surface area contributed by atoms with Crippen molar-refractivity contribution in [2.24, 2.45) is 10.7 Å². The molecular formula is C10H9Cl2FN2O2. The molecule has 17 heavy (non-hydrogen) atoms. The number of nitrogens with zero attached hydrogens (tertiary/aromatic N) is 1. The highest BCUT2D eigenvalue weighted by Gasteiger charge is 2.19. The summed E-state index contributed by atoms with van der Waals surface area (Å²) in [5, 5.41) is -0.162. The van der Waals surface area contributed by atoms with E-state index in [1.807, 2.05) is 0 Å². The number of carbonyl (C=O) groups excluding carboxylic acids is 1. The minimum absolute atomic E-state index is 0.00125. The number of rotatable bonds is 3. The first-order valence-corrected chi connectivity index (χ1v) is 5.37. The number of ether oxygens (including phenoxy) is 1. The van der Waals surface area contributed by atoms with Gasteiger partial charge in [-0.3, -0.25) is 0 Å². The fraction of sp³-hybridized carbons (Fsp3) is 0.200. The zero-order chi connectivity index (χ0) is 13.0. The minimum atomic E-state index is -0.881. The van der Waals surface area contributed by atoms with E-state index in [0.29, 0.717) is 0 Å². The van der Waals surface area contributed by atoms with Gasteiger partial charge in [0, 0.05) is 0 Å². The number of halogens is 3. The number of nitrogens with two attached hydrogens (primary N) is 1. The summed E-state index contributed by atoms with van der Waals surface area (Å²) >= 11 is 11.3. The van der Waals surface area contributed by atoms with E-state index in [0.717, 1.165) is 13.2 Å². The molecule has 0 aliphatic carbocycles. The average Bonchev–Trinajstić information content (AvgIpc) is 2.32. The van der Waals surface area contributed by atoms with Gasteiger partial charge in [0.05, 0.1) is 23.7 Å². The van der Waals surface area contributed by atoms with E-state index < -0.39 is 11.8 Å². The lowest BCUT2D eigenvalue weighted by Gasteiger charge is -2.06. The lowest BCUT2D eigenvalue weighted by atomic mass is 10.2. The van der Waals surface area contributed by atoms with Crippen LogP contribution in [0.15, 0.2) is 17.1 Å². The number of hydrogen-bond donors (Lipinski definition) is 1. The highest BCUT2D eigenvalue weighted by molar-refractivity contribution is 6.36. The molecule has 0 unspecified atom stereocenters. The first-order chi connectivity index (χ1) is 8.01. The molecule has 0 aromatic heterocycles. The minimum Gasteiger partial charge on any atom is -0.465 e. The standard InChI is InChI=1S/C10H9Cl2FN2O2/c1-17-10(16)8-5(13)2-3-6(9(8)12)15-7(14)4-11/h2-3H,4H2,1H3,(H2,14,15). The zero-order valence-electron chi connectivity index (χ0n) is 8.84. The van der Waals surface area contributed by atoms with Gasteiger partial charge in [0.25, 0.3) is 0 Å². The van der Waals surface area contributed by atoms with Crippen molar-refractivity contribution in [3.63, 3.8) is 0 Å². The molecule has 0 heterocycles. The summed E-state index contributed by atoms with van der Waals surface area (Å²) in [6.45, 7) is 0. The van der Waals surface area contributed by atoms with Crippen molar-refractivity contribution < 1.29 is 13.9 Å². The number of benzene rings is 1. The molecule has 1 rings (SSSR count). The maximum Gasteiger partial charge on any atom is 0.342 e. The van der Waals surface area contributed by atoms with Crippen LogP contribution in [0.25, 0.3) is 0 Å². The molecule has 2 N–H and O–H groups in total. The van der Waals surface area contributed by atoms with Gasteiger partial charge in [-0.05, 0) is 12.1 Å². The summed E-state index contributed by atoms with van der Waals surface area (Å²) in [6.07, 6.45) is 0. The SMILES string of the molecule is COC(=O)c1c(F)ccc(N=C(N)CCl)c1Cl. The third kappa shape index (κ3) is 3.08. The molecule has 7 heteroatoms. The summed E-state index contributed by atoms with van der Waals surface area (Å²) in [5.41, 5.74) is 5.20. The van der Waals surface area contributed by atoms with Crippen molar-refractivity contribution in [2.75, 3.05) is 13.0 Å². The van der Waals surface area contributed by atoms with Crippen LogP contribution in [-0.2, 0) is 4.74 Å². The Kier molecular flexibility index (Phi) is 4.72. The Morgan fingerprint density at radius 2 is 2.24 bits per heavy atom. The predicted molar refractivity (Wildman–Crippen MR) is 64.8 cm³/mol. The van der Waals surface area contributed by atoms with Crippen molar-refractivity contribution in [3.05, 3.63) is 28.5 Å². The molecular weight excluding hydrogens is 270 g/mol. The zero-order valence-corrected chi connectivity index (χ0v) is 10.3. The number of methoxy groups -OCH3 is 1. The fourth-order valence-electron chi connectivity index (χ4n) is 1.10. The van der Waals surface area contributed by atoms with Gasteiger partial charge in [0.1, 0.15) is 17.2 Å². The number of carbonyl (C=O) groups is 1. The Bertz CT molecular complexity index is 478. The van der Waals surface area contributed by atoms with Gasteiger partial charge in [0.2, 0.25) is 0 Å². The molecule has 0 amide bonds. The smallest absolute Gasteiger partial charge is 0.342 e. The summed E-state index contributed by atoms with van der Waals surface area (Å²) in [4.78, 5) is 15.2. The van der Waals surface area contributed by atoms with Gasteiger partial charge in [-0.15, -0.1) is 11.6 Å². The molecule has 0 atom stereocenters. The van der Waals surface area contributed by atoms with Gasteiger partial charge < -0.3 is 10.5 Å². The first-order valence-electron chi connectivity index (χ1n) is 4.46. The number of aliphatic imine (C=N–C) groups is 1. The number of esters is 1. The summed E-state index contributed by atoms with van der Waals surface area (Å²) in [5.74, 6) is -1.56. The van der Waals surface area contributed by atoms with Gasteiger partial charge in [-0.2, -0.15) is 0 Å². The Hall–Kier alpha value is -1.33. The predicted octanol–water partition coefficient (Wildman–Crippen LogP) is 2.49. The average molecular weight is 279 g/mol. The van der Waals surface area contributed by atoms with Crippen LogP contribution in [0.3, 0.4) is 0 Å². The molecule has 0 aliphatic heterocycles. The van der Waals surface area contributed by atoms with Crippen molar-refractivity contribution in [1.82, 2.24) is 0 Å². The van der Waals surface area contributed by atoms with E-state index in [1.165, 1.54) is 6.07 Å². The number of amidine groups is 1. The molecule has 0 saturated carbocycles. The van der Waals surface area contributed by atoms with E-state index in [9.17, 15) is 9.18 Å². The van der Waals surface area contributed by atoms with Crippen molar-refractivity contribution in [2.45, 2.75) is 0 Å². The van der Waals surface area contributed by atoms with Crippen LogP contribution in [-0.4, -0.2) is 24.8 Å². The second kappa shape index (κ2) is 5.84. The Labute approximate surface area is 107 Å². The van der Waals surface area contributed by atoms with Gasteiger partial charge in [0.15, 0.2) is 0 Å². The van der Waals surface area contributed by atoms with Crippen LogP contribution < -0.4 is 5.73 Å². The number of alkyl halides is 1. The lowest BCUT2D eigenvalue weighted by Crippen LogP contribution is -2.12. The Morgan fingerprint density at radius 1 is 1.59 bits per heavy atom. The first kappa shape index (κ1) is 13.7.